The van der Waals surface area contributed by atoms with Crippen molar-refractivity contribution in [2.24, 2.45) is 0 Å². The number of ether oxygens (including phenoxy) is 1. The molecule has 0 bridgehead atoms. The standard InChI is InChI=1S/C7H10F4O2/c8-7(9,10)12-5-1-3-6(13-11)4-2-5/h5-6H,1-4H2. The highest BCUT2D eigenvalue weighted by molar-refractivity contribution is 4.72. The topological polar surface area (TPSA) is 18.5 Å². The molecule has 0 saturated heterocycles. The lowest BCUT2D eigenvalue weighted by atomic mass is 9.95. The van der Waals surface area contributed by atoms with Gasteiger partial charge in [-0.25, -0.2) is 0 Å². The molecule has 1 aliphatic carbocycles. The first kappa shape index (κ1) is 10.7. The Morgan fingerprint density at radius 2 is 1.38 bits per heavy atom. The van der Waals surface area contributed by atoms with Gasteiger partial charge >= 0.3 is 6.36 Å². The van der Waals surface area contributed by atoms with Crippen LogP contribution in [0.25, 0.3) is 0 Å². The fourth-order valence-corrected chi connectivity index (χ4v) is 1.43. The van der Waals surface area contributed by atoms with Crippen molar-refractivity contribution in [3.8, 4) is 0 Å². The summed E-state index contributed by atoms with van der Waals surface area (Å²) in [6, 6.07) is 0. The maximum Gasteiger partial charge on any atom is 0.522 e. The van der Waals surface area contributed by atoms with Crippen molar-refractivity contribution in [2.75, 3.05) is 0 Å². The van der Waals surface area contributed by atoms with Crippen LogP contribution in [0.15, 0.2) is 0 Å². The Bertz CT molecular complexity index is 151. The van der Waals surface area contributed by atoms with E-state index in [0.717, 1.165) is 0 Å². The Kier molecular flexibility index (Phi) is 3.49. The maximum atomic E-state index is 11.7. The Labute approximate surface area is 72.7 Å². The van der Waals surface area contributed by atoms with Crippen LogP contribution in [0.3, 0.4) is 0 Å². The van der Waals surface area contributed by atoms with E-state index in [9.17, 15) is 17.7 Å². The van der Waals surface area contributed by atoms with Crippen LogP contribution < -0.4 is 0 Å². The smallest absolute Gasteiger partial charge is 0.289 e. The Morgan fingerprint density at radius 1 is 0.923 bits per heavy atom. The molecule has 0 aromatic carbocycles. The minimum absolute atomic E-state index is 0.189. The van der Waals surface area contributed by atoms with E-state index in [4.69, 9.17) is 0 Å². The van der Waals surface area contributed by atoms with Crippen LogP contribution >= 0.6 is 0 Å². The molecule has 0 radical (unpaired) electrons. The van der Waals surface area contributed by atoms with Gasteiger partial charge in [0.25, 0.3) is 0 Å². The maximum absolute atomic E-state index is 11.7. The van der Waals surface area contributed by atoms with Crippen molar-refractivity contribution >= 4 is 0 Å². The summed E-state index contributed by atoms with van der Waals surface area (Å²) in [5.74, 6) is 0. The molecule has 1 rings (SSSR count). The molecule has 1 saturated carbocycles. The van der Waals surface area contributed by atoms with E-state index in [-0.39, 0.29) is 25.7 Å². The minimum atomic E-state index is -4.59. The normalized spacial score (nSPS) is 30.5. The van der Waals surface area contributed by atoms with Gasteiger partial charge in [-0.2, -0.15) is 4.94 Å². The zero-order valence-corrected chi connectivity index (χ0v) is 6.81. The molecular formula is C7H10F4O2. The second-order valence-corrected chi connectivity index (χ2v) is 3.05. The first-order chi connectivity index (χ1) is 6.01. The summed E-state index contributed by atoms with van der Waals surface area (Å²) < 4.78 is 50.4. The summed E-state index contributed by atoms with van der Waals surface area (Å²) in [6.07, 6.45) is -5.07. The quantitative estimate of drug-likeness (QED) is 0.641. The first-order valence-electron chi connectivity index (χ1n) is 4.03. The summed E-state index contributed by atoms with van der Waals surface area (Å²) in [4.78, 5) is 3.53. The molecule has 0 heterocycles. The summed E-state index contributed by atoms with van der Waals surface area (Å²) in [6.45, 7) is 0. The molecule has 2 nitrogen and oxygen atoms in total. The predicted molar refractivity (Wildman–Crippen MR) is 35.4 cm³/mol. The zero-order valence-electron chi connectivity index (χ0n) is 6.81. The highest BCUT2D eigenvalue weighted by Gasteiger charge is 2.35. The molecular weight excluding hydrogens is 192 g/mol. The summed E-state index contributed by atoms with van der Waals surface area (Å²) >= 11 is 0. The van der Waals surface area contributed by atoms with E-state index in [1.165, 1.54) is 0 Å². The fraction of sp³-hybridized carbons (Fsp3) is 1.00. The molecule has 78 valence electrons. The number of hydrogen-bond acceptors (Lipinski definition) is 2. The lowest BCUT2D eigenvalue weighted by Crippen LogP contribution is -2.30. The van der Waals surface area contributed by atoms with Crippen molar-refractivity contribution in [3.05, 3.63) is 0 Å². The van der Waals surface area contributed by atoms with Crippen molar-refractivity contribution in [2.45, 2.75) is 44.3 Å². The van der Waals surface area contributed by atoms with E-state index in [2.05, 4.69) is 9.68 Å². The summed E-state index contributed by atoms with van der Waals surface area (Å²) in [7, 11) is 0. The largest absolute Gasteiger partial charge is 0.522 e. The fourth-order valence-electron chi connectivity index (χ4n) is 1.43. The first-order valence-corrected chi connectivity index (χ1v) is 4.03. The van der Waals surface area contributed by atoms with Gasteiger partial charge in [0.15, 0.2) is 0 Å². The molecule has 0 atom stereocenters. The molecule has 0 aromatic heterocycles. The number of halogens is 4. The molecule has 0 N–H and O–H groups in total. The Balaban J connectivity index is 2.25. The molecule has 6 heteroatoms. The van der Waals surface area contributed by atoms with Gasteiger partial charge < -0.3 is 0 Å². The second kappa shape index (κ2) is 4.23. The lowest BCUT2D eigenvalue weighted by Gasteiger charge is -2.26. The van der Waals surface area contributed by atoms with Crippen molar-refractivity contribution in [1.29, 1.82) is 0 Å². The van der Waals surface area contributed by atoms with E-state index < -0.39 is 18.6 Å². The van der Waals surface area contributed by atoms with Crippen LogP contribution in [0.4, 0.5) is 17.7 Å². The molecule has 0 unspecified atom stereocenters. The lowest BCUT2D eigenvalue weighted by molar-refractivity contribution is -0.347. The monoisotopic (exact) mass is 202 g/mol. The summed E-state index contributed by atoms with van der Waals surface area (Å²) in [5.41, 5.74) is 0. The molecule has 0 aliphatic heterocycles. The van der Waals surface area contributed by atoms with Gasteiger partial charge in [0.1, 0.15) is 0 Å². The van der Waals surface area contributed by atoms with Crippen LogP contribution in [0.1, 0.15) is 25.7 Å². The molecule has 1 fully saturated rings. The number of hydrogen-bond donors (Lipinski definition) is 0. The summed E-state index contributed by atoms with van der Waals surface area (Å²) in [5, 5.41) is 0. The molecule has 13 heavy (non-hydrogen) atoms. The van der Waals surface area contributed by atoms with Crippen LogP contribution in [-0.4, -0.2) is 18.6 Å². The average Bonchev–Trinajstić information content (AvgIpc) is 2.03. The number of rotatable bonds is 2. The third-order valence-corrected chi connectivity index (χ3v) is 2.05. The van der Waals surface area contributed by atoms with Gasteiger partial charge in [-0.3, -0.25) is 4.74 Å². The van der Waals surface area contributed by atoms with Gasteiger partial charge in [0.05, 0.1) is 12.2 Å². The van der Waals surface area contributed by atoms with E-state index in [0.29, 0.717) is 0 Å². The average molecular weight is 202 g/mol. The van der Waals surface area contributed by atoms with Crippen LogP contribution in [-0.2, 0) is 9.68 Å². The predicted octanol–water partition coefficient (Wildman–Crippen LogP) is 2.74. The number of alkyl halides is 3. The minimum Gasteiger partial charge on any atom is -0.289 e. The SMILES string of the molecule is FOC1CCC(OC(F)(F)F)CC1. The second-order valence-electron chi connectivity index (χ2n) is 3.05. The van der Waals surface area contributed by atoms with Crippen LogP contribution in [0.2, 0.25) is 0 Å². The van der Waals surface area contributed by atoms with Gasteiger partial charge in [0, 0.05) is 0 Å². The molecule has 0 amide bonds. The molecule has 1 aliphatic rings. The Hall–Kier alpha value is -0.360. The van der Waals surface area contributed by atoms with Crippen molar-refractivity contribution in [1.82, 2.24) is 0 Å². The van der Waals surface area contributed by atoms with E-state index in [1.807, 2.05) is 0 Å². The van der Waals surface area contributed by atoms with Crippen LogP contribution in [0, 0.1) is 0 Å². The van der Waals surface area contributed by atoms with Crippen molar-refractivity contribution < 1.29 is 27.4 Å². The van der Waals surface area contributed by atoms with Gasteiger partial charge in [-0.1, -0.05) is 0 Å². The van der Waals surface area contributed by atoms with E-state index in [1.54, 1.807) is 0 Å². The highest BCUT2D eigenvalue weighted by atomic mass is 19.4. The third-order valence-electron chi connectivity index (χ3n) is 2.05. The third kappa shape index (κ3) is 3.91. The van der Waals surface area contributed by atoms with Gasteiger partial charge in [-0.15, -0.1) is 13.2 Å². The van der Waals surface area contributed by atoms with Gasteiger partial charge in [-0.05, 0) is 30.2 Å². The van der Waals surface area contributed by atoms with Gasteiger partial charge in [0.2, 0.25) is 0 Å². The molecule has 0 spiro atoms. The highest BCUT2D eigenvalue weighted by Crippen LogP contribution is 2.29. The van der Waals surface area contributed by atoms with E-state index >= 15 is 0 Å². The van der Waals surface area contributed by atoms with Crippen molar-refractivity contribution in [3.63, 3.8) is 0 Å². The van der Waals surface area contributed by atoms with Crippen LogP contribution in [0.5, 0.6) is 0 Å². The Morgan fingerprint density at radius 3 is 1.77 bits per heavy atom. The zero-order chi connectivity index (χ0) is 9.90. The molecule has 0 aromatic rings.